The Labute approximate surface area is 123 Å². The maximum absolute atomic E-state index is 13.3. The molecule has 1 atom stereocenters. The Kier molecular flexibility index (Phi) is 4.87. The van der Waals surface area contributed by atoms with E-state index in [9.17, 15) is 9.18 Å². The van der Waals surface area contributed by atoms with E-state index < -0.39 is 5.82 Å². The van der Waals surface area contributed by atoms with Crippen LogP contribution in [0, 0.1) is 5.82 Å². The molecule has 1 unspecified atom stereocenters. The number of amides is 1. The number of hydrogen-bond donors (Lipinski definition) is 1. The van der Waals surface area contributed by atoms with Crippen LogP contribution in [0.5, 0.6) is 5.75 Å². The Morgan fingerprint density at radius 2 is 2.24 bits per heavy atom. The molecular weight excluding hydrogens is 271 g/mol. The fourth-order valence-corrected chi connectivity index (χ4v) is 2.08. The van der Waals surface area contributed by atoms with Crippen LogP contribution in [-0.4, -0.2) is 24.0 Å². The zero-order valence-corrected chi connectivity index (χ0v) is 12.0. The van der Waals surface area contributed by atoms with Crippen LogP contribution in [0.3, 0.4) is 0 Å². The highest BCUT2D eigenvalue weighted by Gasteiger charge is 2.15. The summed E-state index contributed by atoms with van der Waals surface area (Å²) in [5, 5.41) is 2.83. The first-order valence-electron chi connectivity index (χ1n) is 6.63. The molecule has 0 radical (unpaired) electrons. The van der Waals surface area contributed by atoms with Gasteiger partial charge in [-0.2, -0.15) is 0 Å². The van der Waals surface area contributed by atoms with Crippen molar-refractivity contribution in [2.75, 3.05) is 7.11 Å². The molecule has 110 valence electrons. The van der Waals surface area contributed by atoms with Gasteiger partial charge in [-0.15, -0.1) is 0 Å². The SMILES string of the molecule is COc1ccc(F)cc1C(=O)NC(C)Cc1cccnc1. The largest absolute Gasteiger partial charge is 0.496 e. The summed E-state index contributed by atoms with van der Waals surface area (Å²) in [6, 6.07) is 7.56. The van der Waals surface area contributed by atoms with Gasteiger partial charge in [-0.05, 0) is 43.2 Å². The summed E-state index contributed by atoms with van der Waals surface area (Å²) in [4.78, 5) is 16.2. The number of nitrogens with zero attached hydrogens (tertiary/aromatic N) is 1. The molecule has 2 rings (SSSR count). The number of benzene rings is 1. The second-order valence-corrected chi connectivity index (χ2v) is 4.78. The first kappa shape index (κ1) is 15.0. The van der Waals surface area contributed by atoms with E-state index in [-0.39, 0.29) is 17.5 Å². The molecule has 4 nitrogen and oxygen atoms in total. The van der Waals surface area contributed by atoms with Gasteiger partial charge in [0, 0.05) is 18.4 Å². The monoisotopic (exact) mass is 288 g/mol. The Bertz CT molecular complexity index is 617. The average molecular weight is 288 g/mol. The number of rotatable bonds is 5. The molecule has 1 heterocycles. The standard InChI is InChI=1S/C16H17FN2O2/c1-11(8-12-4-3-7-18-10-12)19-16(20)14-9-13(17)5-6-15(14)21-2/h3-7,9-11H,8H2,1-2H3,(H,19,20). The molecule has 1 N–H and O–H groups in total. The zero-order valence-electron chi connectivity index (χ0n) is 12.0. The van der Waals surface area contributed by atoms with Gasteiger partial charge in [0.2, 0.25) is 0 Å². The minimum atomic E-state index is -0.471. The van der Waals surface area contributed by atoms with Gasteiger partial charge in [0.05, 0.1) is 12.7 Å². The van der Waals surface area contributed by atoms with Gasteiger partial charge in [-0.3, -0.25) is 9.78 Å². The Hall–Kier alpha value is -2.43. The summed E-state index contributed by atoms with van der Waals surface area (Å²) in [6.45, 7) is 1.89. The van der Waals surface area contributed by atoms with Gasteiger partial charge < -0.3 is 10.1 Å². The lowest BCUT2D eigenvalue weighted by Crippen LogP contribution is -2.34. The van der Waals surface area contributed by atoms with Gasteiger partial charge in [0.15, 0.2) is 0 Å². The number of pyridine rings is 1. The van der Waals surface area contributed by atoms with Gasteiger partial charge in [-0.25, -0.2) is 4.39 Å². The van der Waals surface area contributed by atoms with E-state index in [0.29, 0.717) is 12.2 Å². The highest BCUT2D eigenvalue weighted by Crippen LogP contribution is 2.19. The first-order chi connectivity index (χ1) is 10.1. The Balaban J connectivity index is 2.06. The lowest BCUT2D eigenvalue weighted by atomic mass is 10.1. The van der Waals surface area contributed by atoms with Crippen molar-refractivity contribution in [3.8, 4) is 5.75 Å². The maximum Gasteiger partial charge on any atom is 0.255 e. The van der Waals surface area contributed by atoms with Gasteiger partial charge in [0.25, 0.3) is 5.91 Å². The zero-order chi connectivity index (χ0) is 15.2. The van der Waals surface area contributed by atoms with Gasteiger partial charge in [0.1, 0.15) is 11.6 Å². The third-order valence-corrected chi connectivity index (χ3v) is 3.05. The molecule has 0 spiro atoms. The van der Waals surface area contributed by atoms with E-state index in [1.807, 2.05) is 19.1 Å². The molecule has 21 heavy (non-hydrogen) atoms. The predicted octanol–water partition coefficient (Wildman–Crippen LogP) is 2.59. The van der Waals surface area contributed by atoms with E-state index in [0.717, 1.165) is 5.56 Å². The van der Waals surface area contributed by atoms with Crippen molar-refractivity contribution in [3.05, 3.63) is 59.7 Å². The first-order valence-corrected chi connectivity index (χ1v) is 6.63. The smallest absolute Gasteiger partial charge is 0.255 e. The van der Waals surface area contributed by atoms with Crippen molar-refractivity contribution in [3.63, 3.8) is 0 Å². The van der Waals surface area contributed by atoms with Crippen molar-refractivity contribution in [1.82, 2.24) is 10.3 Å². The van der Waals surface area contributed by atoms with E-state index in [1.54, 1.807) is 12.4 Å². The Morgan fingerprint density at radius 3 is 2.90 bits per heavy atom. The molecule has 0 bridgehead atoms. The Morgan fingerprint density at radius 1 is 1.43 bits per heavy atom. The van der Waals surface area contributed by atoms with E-state index >= 15 is 0 Å². The number of hydrogen-bond acceptors (Lipinski definition) is 3. The summed E-state index contributed by atoms with van der Waals surface area (Å²) >= 11 is 0. The summed E-state index contributed by atoms with van der Waals surface area (Å²) in [5.74, 6) is -0.480. The lowest BCUT2D eigenvalue weighted by Gasteiger charge is -2.15. The van der Waals surface area contributed by atoms with Crippen molar-refractivity contribution in [1.29, 1.82) is 0 Å². The molecule has 0 aliphatic heterocycles. The quantitative estimate of drug-likeness (QED) is 0.920. The van der Waals surface area contributed by atoms with Crippen LogP contribution in [0.25, 0.3) is 0 Å². The number of methoxy groups -OCH3 is 1. The molecule has 0 fully saturated rings. The van der Waals surface area contributed by atoms with E-state index in [1.165, 1.54) is 25.3 Å². The number of carbonyl (C=O) groups is 1. The molecule has 1 aromatic carbocycles. The van der Waals surface area contributed by atoms with Crippen LogP contribution in [0.4, 0.5) is 4.39 Å². The molecule has 0 saturated heterocycles. The summed E-state index contributed by atoms with van der Waals surface area (Å²) in [6.07, 6.45) is 4.10. The second kappa shape index (κ2) is 6.83. The van der Waals surface area contributed by atoms with Crippen molar-refractivity contribution in [2.45, 2.75) is 19.4 Å². The van der Waals surface area contributed by atoms with Crippen LogP contribution >= 0.6 is 0 Å². The fourth-order valence-electron chi connectivity index (χ4n) is 2.08. The number of nitrogens with one attached hydrogen (secondary N) is 1. The average Bonchev–Trinajstić information content (AvgIpc) is 2.48. The highest BCUT2D eigenvalue weighted by atomic mass is 19.1. The summed E-state index contributed by atoms with van der Waals surface area (Å²) in [5.41, 5.74) is 1.21. The van der Waals surface area contributed by atoms with Crippen LogP contribution in [0.2, 0.25) is 0 Å². The number of ether oxygens (including phenoxy) is 1. The lowest BCUT2D eigenvalue weighted by molar-refractivity contribution is 0.0936. The van der Waals surface area contributed by atoms with Crippen LogP contribution in [0.1, 0.15) is 22.8 Å². The van der Waals surface area contributed by atoms with E-state index in [2.05, 4.69) is 10.3 Å². The second-order valence-electron chi connectivity index (χ2n) is 4.78. The highest BCUT2D eigenvalue weighted by molar-refractivity contribution is 5.97. The molecule has 1 amide bonds. The third kappa shape index (κ3) is 4.02. The van der Waals surface area contributed by atoms with Crippen molar-refractivity contribution >= 4 is 5.91 Å². The van der Waals surface area contributed by atoms with E-state index in [4.69, 9.17) is 4.74 Å². The van der Waals surface area contributed by atoms with Crippen LogP contribution in [-0.2, 0) is 6.42 Å². The maximum atomic E-state index is 13.3. The molecule has 0 aliphatic rings. The molecule has 0 aliphatic carbocycles. The minimum absolute atomic E-state index is 0.102. The molecule has 1 aromatic heterocycles. The van der Waals surface area contributed by atoms with Gasteiger partial charge in [-0.1, -0.05) is 6.07 Å². The normalized spacial score (nSPS) is 11.8. The van der Waals surface area contributed by atoms with Gasteiger partial charge >= 0.3 is 0 Å². The third-order valence-electron chi connectivity index (χ3n) is 3.05. The summed E-state index contributed by atoms with van der Waals surface area (Å²) in [7, 11) is 1.45. The topological polar surface area (TPSA) is 51.2 Å². The number of halogens is 1. The fraction of sp³-hybridized carbons (Fsp3) is 0.250. The molecule has 2 aromatic rings. The van der Waals surface area contributed by atoms with Crippen molar-refractivity contribution in [2.24, 2.45) is 0 Å². The summed E-state index contributed by atoms with van der Waals surface area (Å²) < 4.78 is 18.4. The molecular formula is C16H17FN2O2. The van der Waals surface area contributed by atoms with Crippen LogP contribution < -0.4 is 10.1 Å². The molecule has 5 heteroatoms. The predicted molar refractivity (Wildman–Crippen MR) is 77.8 cm³/mol. The minimum Gasteiger partial charge on any atom is -0.496 e. The van der Waals surface area contributed by atoms with Crippen molar-refractivity contribution < 1.29 is 13.9 Å². The number of aromatic nitrogens is 1. The van der Waals surface area contributed by atoms with Crippen LogP contribution in [0.15, 0.2) is 42.7 Å². The number of carbonyl (C=O) groups excluding carboxylic acids is 1. The molecule has 0 saturated carbocycles.